The first-order valence-electron chi connectivity index (χ1n) is 4.53. The Morgan fingerprint density at radius 3 is 1.86 bits per heavy atom. The second-order valence-corrected chi connectivity index (χ2v) is 4.37. The van der Waals surface area contributed by atoms with E-state index in [0.29, 0.717) is 0 Å². The minimum Gasteiger partial charge on any atom is -0.106 e. The van der Waals surface area contributed by atoms with Crippen LogP contribution in [-0.4, -0.2) is 0 Å². The van der Waals surface area contributed by atoms with Crippen LogP contribution < -0.4 is 0 Å². The molecule has 1 aromatic carbocycles. The van der Waals surface area contributed by atoms with Crippen molar-refractivity contribution in [3.05, 3.63) is 41.5 Å². The van der Waals surface area contributed by atoms with E-state index in [-0.39, 0.29) is 0 Å². The molecule has 0 bridgehead atoms. The highest BCUT2D eigenvalue weighted by Crippen LogP contribution is 2.29. The summed E-state index contributed by atoms with van der Waals surface area (Å²) in [6, 6.07) is 4.37. The quantitative estimate of drug-likeness (QED) is 0.410. The van der Waals surface area contributed by atoms with Crippen LogP contribution in [0.5, 0.6) is 0 Å². The van der Waals surface area contributed by atoms with Crippen LogP contribution in [0.15, 0.2) is 29.7 Å². The fourth-order valence-corrected chi connectivity index (χ4v) is 2.58. The van der Waals surface area contributed by atoms with E-state index in [1.54, 1.807) is 6.08 Å². The van der Waals surface area contributed by atoms with Crippen LogP contribution in [0.1, 0.15) is 23.6 Å². The summed E-state index contributed by atoms with van der Waals surface area (Å²) < 4.78 is 0. The van der Waals surface area contributed by atoms with Crippen LogP contribution in [0.25, 0.3) is 0 Å². The van der Waals surface area contributed by atoms with Gasteiger partial charge in [0.1, 0.15) is 0 Å². The van der Waals surface area contributed by atoms with E-state index in [1.165, 1.54) is 32.4 Å². The van der Waals surface area contributed by atoms with Crippen LogP contribution in [0, 0.1) is 20.8 Å². The predicted octanol–water partition coefficient (Wildman–Crippen LogP) is 4.74. The Balaban J connectivity index is 0.000000500. The average Bonchev–Trinajstić information content (AvgIpc) is 2.04. The van der Waals surface area contributed by atoms with Crippen LogP contribution in [-0.2, 0) is 0 Å². The normalized spacial score (nSPS) is 8.93. The molecule has 0 radical (unpaired) electrons. The van der Waals surface area contributed by atoms with Crippen molar-refractivity contribution < 1.29 is 0 Å². The molecule has 0 unspecified atom stereocenters. The number of rotatable bonds is 1. The zero-order valence-corrected chi connectivity index (χ0v) is 11.0. The van der Waals surface area contributed by atoms with Crippen molar-refractivity contribution in [1.82, 2.24) is 0 Å². The summed E-state index contributed by atoms with van der Waals surface area (Å²) in [6.45, 7) is 11.6. The molecular formula is C12H18S2. The van der Waals surface area contributed by atoms with Crippen molar-refractivity contribution in [3.63, 3.8) is 0 Å². The lowest BCUT2D eigenvalue weighted by Gasteiger charge is -2.06. The first-order valence-corrected chi connectivity index (χ1v) is 6.40. The molecule has 0 aliphatic heterocycles. The van der Waals surface area contributed by atoms with E-state index in [1.807, 2.05) is 6.92 Å². The van der Waals surface area contributed by atoms with Gasteiger partial charge in [0.2, 0.25) is 0 Å². The molecule has 0 nitrogen and oxygen atoms in total. The van der Waals surface area contributed by atoms with Gasteiger partial charge in [-0.1, -0.05) is 34.6 Å². The minimum absolute atomic E-state index is 1.29. The van der Waals surface area contributed by atoms with Crippen LogP contribution >= 0.6 is 22.5 Å². The molecule has 0 spiro atoms. The van der Waals surface area contributed by atoms with Crippen molar-refractivity contribution in [2.75, 3.05) is 0 Å². The van der Waals surface area contributed by atoms with Gasteiger partial charge in [-0.2, -0.15) is 0 Å². The molecule has 0 heterocycles. The van der Waals surface area contributed by atoms with Crippen molar-refractivity contribution in [2.45, 2.75) is 32.6 Å². The van der Waals surface area contributed by atoms with Gasteiger partial charge in [-0.05, 0) is 38.8 Å². The van der Waals surface area contributed by atoms with Gasteiger partial charge in [0.15, 0.2) is 0 Å². The fourth-order valence-electron chi connectivity index (χ4n) is 1.31. The van der Waals surface area contributed by atoms with Gasteiger partial charge < -0.3 is 0 Å². The molecule has 0 aliphatic carbocycles. The second-order valence-electron chi connectivity index (χ2n) is 3.23. The Hall–Kier alpha value is -0.340. The Morgan fingerprint density at radius 1 is 1.21 bits per heavy atom. The van der Waals surface area contributed by atoms with Crippen molar-refractivity contribution in [2.24, 2.45) is 0 Å². The number of thiol groups is 1. The molecule has 0 saturated carbocycles. The zero-order valence-electron chi connectivity index (χ0n) is 9.29. The van der Waals surface area contributed by atoms with Crippen molar-refractivity contribution >= 4 is 22.5 Å². The molecule has 0 fully saturated rings. The molecule has 0 aromatic heterocycles. The molecule has 1 rings (SSSR count). The van der Waals surface area contributed by atoms with E-state index in [0.717, 1.165) is 0 Å². The highest BCUT2D eigenvalue weighted by Gasteiger charge is 2.01. The first kappa shape index (κ1) is 13.7. The number of benzene rings is 1. The fraction of sp³-hybridized carbons (Fsp3) is 0.333. The molecule has 14 heavy (non-hydrogen) atoms. The first-order chi connectivity index (χ1) is 6.56. The van der Waals surface area contributed by atoms with E-state index >= 15 is 0 Å². The van der Waals surface area contributed by atoms with E-state index in [2.05, 4.69) is 51.1 Å². The minimum atomic E-state index is 1.29. The molecule has 0 amide bonds. The van der Waals surface area contributed by atoms with E-state index in [4.69, 9.17) is 0 Å². The lowest BCUT2D eigenvalue weighted by molar-refractivity contribution is 1.19. The zero-order chi connectivity index (χ0) is 11.1. The second kappa shape index (κ2) is 7.02. The Labute approximate surface area is 96.6 Å². The van der Waals surface area contributed by atoms with Crippen molar-refractivity contribution in [3.8, 4) is 0 Å². The van der Waals surface area contributed by atoms with Crippen LogP contribution in [0.2, 0.25) is 0 Å². The van der Waals surface area contributed by atoms with Gasteiger partial charge in [-0.15, -0.1) is 18.2 Å². The Morgan fingerprint density at radius 2 is 1.57 bits per heavy atom. The molecule has 0 saturated heterocycles. The largest absolute Gasteiger partial charge is 0.106 e. The van der Waals surface area contributed by atoms with Crippen LogP contribution in [0.3, 0.4) is 0 Å². The molecule has 0 atom stereocenters. The molecule has 78 valence electrons. The number of hydrogen-bond donors (Lipinski definition) is 1. The smallest absolute Gasteiger partial charge is 0.0238 e. The number of allylic oxidation sites excluding steroid dienone is 1. The summed E-state index contributed by atoms with van der Waals surface area (Å²) in [6.07, 6.45) is 1.75. The van der Waals surface area contributed by atoms with Gasteiger partial charge in [-0.3, -0.25) is 0 Å². The van der Waals surface area contributed by atoms with Gasteiger partial charge in [0.05, 0.1) is 0 Å². The maximum absolute atomic E-state index is 4.20. The third-order valence-corrected chi connectivity index (χ3v) is 3.07. The Kier molecular flexibility index (Phi) is 6.85. The average molecular weight is 226 g/mol. The summed E-state index contributed by atoms with van der Waals surface area (Å²) in [7, 11) is 1.53. The molecule has 2 heteroatoms. The van der Waals surface area contributed by atoms with Crippen LogP contribution in [0.4, 0.5) is 0 Å². The van der Waals surface area contributed by atoms with Gasteiger partial charge in [-0.25, -0.2) is 0 Å². The summed E-state index contributed by atoms with van der Waals surface area (Å²) in [5.41, 5.74) is 3.97. The molecular weight excluding hydrogens is 208 g/mol. The van der Waals surface area contributed by atoms with E-state index < -0.39 is 0 Å². The van der Waals surface area contributed by atoms with Crippen molar-refractivity contribution in [1.29, 1.82) is 0 Å². The monoisotopic (exact) mass is 226 g/mol. The van der Waals surface area contributed by atoms with Gasteiger partial charge >= 0.3 is 0 Å². The summed E-state index contributed by atoms with van der Waals surface area (Å²) in [4.78, 5) is 1.29. The molecule has 0 aliphatic rings. The third-order valence-electron chi connectivity index (χ3n) is 1.70. The standard InChI is InChI=1S/C9H12S2.C3H6/c1-6-4-7(2)9(11-10)8(3)5-6;1-3-2/h4-5,10H,1-3H3;3H,1H2,2H3. The number of hydrogen-bond acceptors (Lipinski definition) is 2. The number of aryl methyl sites for hydroxylation is 3. The maximum atomic E-state index is 4.20. The predicted molar refractivity (Wildman–Crippen MR) is 71.4 cm³/mol. The van der Waals surface area contributed by atoms with E-state index in [9.17, 15) is 0 Å². The highest BCUT2D eigenvalue weighted by molar-refractivity contribution is 8.68. The SMILES string of the molecule is C=CC.Cc1cc(C)c(SS)c(C)c1. The Bertz CT molecular complexity index is 280. The lowest BCUT2D eigenvalue weighted by Crippen LogP contribution is -1.85. The highest BCUT2D eigenvalue weighted by atomic mass is 33.1. The van der Waals surface area contributed by atoms with Gasteiger partial charge in [0.25, 0.3) is 0 Å². The summed E-state index contributed by atoms with van der Waals surface area (Å²) >= 11 is 4.20. The van der Waals surface area contributed by atoms with Gasteiger partial charge in [0, 0.05) is 4.90 Å². The lowest BCUT2D eigenvalue weighted by atomic mass is 10.1. The maximum Gasteiger partial charge on any atom is 0.0238 e. The molecule has 1 aromatic rings. The molecule has 0 N–H and O–H groups in total. The summed E-state index contributed by atoms with van der Waals surface area (Å²) in [5, 5.41) is 0. The third kappa shape index (κ3) is 4.25. The topological polar surface area (TPSA) is 0 Å². The summed E-state index contributed by atoms with van der Waals surface area (Å²) in [5.74, 6) is 0.